The molecule has 1 aliphatic carbocycles. The monoisotopic (exact) mass is 372 g/mol. The van der Waals surface area contributed by atoms with Crippen molar-refractivity contribution >= 4 is 33.4 Å². The van der Waals surface area contributed by atoms with Gasteiger partial charge in [0.2, 0.25) is 5.91 Å². The van der Waals surface area contributed by atoms with Gasteiger partial charge in [-0.25, -0.2) is 9.97 Å². The average Bonchev–Trinajstić information content (AvgIpc) is 3.17. The van der Waals surface area contributed by atoms with E-state index < -0.39 is 0 Å². The number of aromatic nitrogens is 5. The molecular formula is C17H20N6O2S. The number of amides is 1. The molecule has 0 fully saturated rings. The maximum atomic E-state index is 12.4. The van der Waals surface area contributed by atoms with Crippen molar-refractivity contribution in [1.29, 1.82) is 0 Å². The van der Waals surface area contributed by atoms with Gasteiger partial charge < -0.3 is 5.32 Å². The smallest absolute Gasteiger partial charge is 0.264 e. The van der Waals surface area contributed by atoms with Crippen molar-refractivity contribution in [2.24, 2.45) is 13.0 Å². The van der Waals surface area contributed by atoms with E-state index in [1.807, 2.05) is 0 Å². The average molecular weight is 372 g/mol. The van der Waals surface area contributed by atoms with Crippen LogP contribution in [0.4, 0.5) is 5.13 Å². The van der Waals surface area contributed by atoms with Crippen molar-refractivity contribution < 1.29 is 4.79 Å². The molecule has 0 aromatic carbocycles. The second kappa shape index (κ2) is 6.64. The highest BCUT2D eigenvalue weighted by molar-refractivity contribution is 7.15. The molecule has 0 radical (unpaired) electrons. The zero-order valence-corrected chi connectivity index (χ0v) is 15.5. The lowest BCUT2D eigenvalue weighted by Gasteiger charge is -2.15. The highest BCUT2D eigenvalue weighted by Crippen LogP contribution is 2.32. The lowest BCUT2D eigenvalue weighted by molar-refractivity contribution is -0.116. The summed E-state index contributed by atoms with van der Waals surface area (Å²) in [6, 6.07) is 0. The van der Waals surface area contributed by atoms with Gasteiger partial charge in [0.05, 0.1) is 18.2 Å². The summed E-state index contributed by atoms with van der Waals surface area (Å²) < 4.78 is 3.00. The number of carbonyl (C=O) groups is 1. The van der Waals surface area contributed by atoms with Gasteiger partial charge in [-0.2, -0.15) is 5.10 Å². The molecule has 3 heterocycles. The van der Waals surface area contributed by atoms with E-state index in [-0.39, 0.29) is 24.4 Å². The van der Waals surface area contributed by atoms with Crippen LogP contribution in [0.3, 0.4) is 0 Å². The molecule has 0 aliphatic heterocycles. The van der Waals surface area contributed by atoms with Gasteiger partial charge in [-0.15, -0.1) is 11.3 Å². The standard InChI is InChI=1S/C17H20N6O2S/c1-10-3-4-12-13(7-10)26-17(20-12)21-14(24)5-6-23-9-18-15-11(16(23)25)8-19-22(15)2/h8-10H,3-7H2,1-2H3,(H,20,21,24). The Morgan fingerprint density at radius 1 is 1.46 bits per heavy atom. The minimum Gasteiger partial charge on any atom is -0.302 e. The Hall–Kier alpha value is -2.55. The SMILES string of the molecule is CC1CCc2nc(NC(=O)CCn3cnc4c(cnn4C)c3=O)sc2C1. The Labute approximate surface area is 153 Å². The fourth-order valence-corrected chi connectivity index (χ4v) is 4.41. The van der Waals surface area contributed by atoms with Gasteiger partial charge in [-0.3, -0.25) is 18.8 Å². The molecule has 3 aromatic heterocycles. The van der Waals surface area contributed by atoms with E-state index in [9.17, 15) is 9.59 Å². The first-order valence-corrected chi connectivity index (χ1v) is 9.48. The van der Waals surface area contributed by atoms with E-state index >= 15 is 0 Å². The van der Waals surface area contributed by atoms with Crippen molar-refractivity contribution in [3.05, 3.63) is 33.4 Å². The zero-order chi connectivity index (χ0) is 18.3. The van der Waals surface area contributed by atoms with Crippen LogP contribution < -0.4 is 10.9 Å². The molecule has 1 unspecified atom stereocenters. The van der Waals surface area contributed by atoms with Crippen LogP contribution in [0.15, 0.2) is 17.3 Å². The summed E-state index contributed by atoms with van der Waals surface area (Å²) in [4.78, 5) is 34.7. The molecule has 4 rings (SSSR count). The van der Waals surface area contributed by atoms with E-state index in [1.165, 1.54) is 22.0 Å². The van der Waals surface area contributed by atoms with Crippen LogP contribution >= 0.6 is 11.3 Å². The van der Waals surface area contributed by atoms with Crippen LogP contribution in [-0.2, 0) is 31.2 Å². The third kappa shape index (κ3) is 3.14. The van der Waals surface area contributed by atoms with Crippen molar-refractivity contribution in [3.63, 3.8) is 0 Å². The van der Waals surface area contributed by atoms with E-state index in [4.69, 9.17) is 0 Å². The molecule has 0 saturated carbocycles. The third-order valence-electron chi connectivity index (χ3n) is 4.73. The number of aryl methyl sites for hydroxylation is 3. The molecule has 26 heavy (non-hydrogen) atoms. The number of hydrogen-bond acceptors (Lipinski definition) is 6. The zero-order valence-electron chi connectivity index (χ0n) is 14.7. The van der Waals surface area contributed by atoms with E-state index in [1.54, 1.807) is 23.1 Å². The lowest BCUT2D eigenvalue weighted by atomic mass is 9.93. The first-order valence-electron chi connectivity index (χ1n) is 8.67. The highest BCUT2D eigenvalue weighted by Gasteiger charge is 2.20. The summed E-state index contributed by atoms with van der Waals surface area (Å²) in [5.41, 5.74) is 1.47. The normalized spacial score (nSPS) is 16.6. The number of anilines is 1. The molecule has 136 valence electrons. The summed E-state index contributed by atoms with van der Waals surface area (Å²) in [5, 5.41) is 8.01. The van der Waals surface area contributed by atoms with Crippen LogP contribution in [0.1, 0.15) is 30.3 Å². The van der Waals surface area contributed by atoms with Crippen LogP contribution in [-0.4, -0.2) is 30.2 Å². The molecule has 0 bridgehead atoms. The second-order valence-corrected chi connectivity index (χ2v) is 7.87. The number of carbonyl (C=O) groups excluding carboxylic acids is 1. The fourth-order valence-electron chi connectivity index (χ4n) is 3.22. The fraction of sp³-hybridized carbons (Fsp3) is 0.471. The van der Waals surface area contributed by atoms with Gasteiger partial charge in [-0.1, -0.05) is 6.92 Å². The molecule has 0 spiro atoms. The molecule has 8 nitrogen and oxygen atoms in total. The first kappa shape index (κ1) is 16.9. The van der Waals surface area contributed by atoms with Gasteiger partial charge >= 0.3 is 0 Å². The molecule has 3 aromatic rings. The predicted octanol–water partition coefficient (Wildman–Crippen LogP) is 1.74. The van der Waals surface area contributed by atoms with Gasteiger partial charge in [0, 0.05) is 24.9 Å². The maximum absolute atomic E-state index is 12.4. The number of thiazole rings is 1. The van der Waals surface area contributed by atoms with Crippen molar-refractivity contribution in [1.82, 2.24) is 24.3 Å². The number of fused-ring (bicyclic) bond motifs is 2. The summed E-state index contributed by atoms with van der Waals surface area (Å²) in [6.45, 7) is 2.51. The largest absolute Gasteiger partial charge is 0.302 e. The van der Waals surface area contributed by atoms with Gasteiger partial charge in [-0.05, 0) is 25.2 Å². The van der Waals surface area contributed by atoms with Crippen LogP contribution in [0.5, 0.6) is 0 Å². The lowest BCUT2D eigenvalue weighted by Crippen LogP contribution is -2.23. The molecular weight excluding hydrogens is 352 g/mol. The Morgan fingerprint density at radius 2 is 2.31 bits per heavy atom. The maximum Gasteiger partial charge on any atom is 0.264 e. The van der Waals surface area contributed by atoms with Crippen LogP contribution in [0, 0.1) is 5.92 Å². The number of hydrogen-bond donors (Lipinski definition) is 1. The minimum atomic E-state index is -0.186. The number of nitrogens with one attached hydrogen (secondary N) is 1. The predicted molar refractivity (Wildman–Crippen MR) is 99.3 cm³/mol. The number of rotatable bonds is 4. The van der Waals surface area contributed by atoms with Crippen LogP contribution in [0.25, 0.3) is 11.0 Å². The quantitative estimate of drug-likeness (QED) is 0.753. The Kier molecular flexibility index (Phi) is 4.31. The van der Waals surface area contributed by atoms with E-state index in [2.05, 4.69) is 27.3 Å². The topological polar surface area (TPSA) is 94.7 Å². The molecule has 9 heteroatoms. The Morgan fingerprint density at radius 3 is 3.15 bits per heavy atom. The summed E-state index contributed by atoms with van der Waals surface area (Å²) in [5.74, 6) is 0.524. The van der Waals surface area contributed by atoms with Crippen molar-refractivity contribution in [2.75, 3.05) is 5.32 Å². The summed E-state index contributed by atoms with van der Waals surface area (Å²) in [6.07, 6.45) is 6.32. The van der Waals surface area contributed by atoms with E-state index in [0.29, 0.717) is 22.1 Å². The second-order valence-electron chi connectivity index (χ2n) is 6.78. The Balaban J connectivity index is 1.42. The van der Waals surface area contributed by atoms with Gasteiger partial charge in [0.15, 0.2) is 10.8 Å². The first-order chi connectivity index (χ1) is 12.5. The number of nitrogens with zero attached hydrogens (tertiary/aromatic N) is 5. The molecule has 0 saturated heterocycles. The summed E-state index contributed by atoms with van der Waals surface area (Å²) >= 11 is 1.56. The molecule has 1 amide bonds. The molecule has 1 N–H and O–H groups in total. The summed E-state index contributed by atoms with van der Waals surface area (Å²) in [7, 11) is 1.74. The third-order valence-corrected chi connectivity index (χ3v) is 5.77. The van der Waals surface area contributed by atoms with Crippen molar-refractivity contribution in [2.45, 2.75) is 39.2 Å². The van der Waals surface area contributed by atoms with Crippen LogP contribution in [0.2, 0.25) is 0 Å². The van der Waals surface area contributed by atoms with Gasteiger partial charge in [0.25, 0.3) is 5.56 Å². The van der Waals surface area contributed by atoms with E-state index in [0.717, 1.165) is 25.0 Å². The van der Waals surface area contributed by atoms with Gasteiger partial charge in [0.1, 0.15) is 5.39 Å². The molecule has 1 atom stereocenters. The molecule has 1 aliphatic rings. The highest BCUT2D eigenvalue weighted by atomic mass is 32.1. The Bertz CT molecular complexity index is 1030. The minimum absolute atomic E-state index is 0.151. The van der Waals surface area contributed by atoms with Crippen molar-refractivity contribution in [3.8, 4) is 0 Å².